The Morgan fingerprint density at radius 3 is 1.85 bits per heavy atom. The summed E-state index contributed by atoms with van der Waals surface area (Å²) >= 11 is 0. The third kappa shape index (κ3) is 5.64. The minimum absolute atomic E-state index is 0.0305. The van der Waals surface area contributed by atoms with Crippen molar-refractivity contribution < 1.29 is 17.5 Å². The third-order valence-corrected chi connectivity index (χ3v) is 5.30. The second-order valence-electron chi connectivity index (χ2n) is 5.99. The van der Waals surface area contributed by atoms with Crippen molar-refractivity contribution in [2.75, 3.05) is 12.4 Å². The predicted molar refractivity (Wildman–Crippen MR) is 104 cm³/mol. The highest BCUT2D eigenvalue weighted by atomic mass is 32.2. The average Bonchev–Trinajstić information content (AvgIpc) is 2.69. The van der Waals surface area contributed by atoms with Crippen molar-refractivity contribution >= 4 is 10.0 Å². The Balaban J connectivity index is 1.69. The van der Waals surface area contributed by atoms with Gasteiger partial charge in [-0.2, -0.15) is 0 Å². The van der Waals surface area contributed by atoms with Gasteiger partial charge in [0.25, 0.3) is 0 Å². The van der Waals surface area contributed by atoms with Gasteiger partial charge in [0, 0.05) is 0 Å². The minimum Gasteiger partial charge on any atom is -0.492 e. The maximum absolute atomic E-state index is 12.9. The van der Waals surface area contributed by atoms with Crippen LogP contribution in [0.4, 0.5) is 4.39 Å². The Morgan fingerprint density at radius 1 is 0.815 bits per heavy atom. The average molecular weight is 385 g/mol. The molecule has 0 fully saturated rings. The van der Waals surface area contributed by atoms with E-state index in [9.17, 15) is 12.8 Å². The fraction of sp³-hybridized carbons (Fsp3) is 0.143. The van der Waals surface area contributed by atoms with Crippen LogP contribution >= 0.6 is 0 Å². The predicted octanol–water partition coefficient (Wildman–Crippen LogP) is 3.91. The molecule has 0 aliphatic carbocycles. The van der Waals surface area contributed by atoms with Gasteiger partial charge in [-0.3, -0.25) is 0 Å². The molecule has 4 nitrogen and oxygen atoms in total. The highest BCUT2D eigenvalue weighted by Gasteiger charge is 2.21. The number of hydrogen-bond donors (Lipinski definition) is 1. The molecule has 0 aliphatic heterocycles. The Hall–Kier alpha value is -2.70. The fourth-order valence-electron chi connectivity index (χ4n) is 2.66. The van der Waals surface area contributed by atoms with Crippen LogP contribution in [0.25, 0.3) is 0 Å². The molecule has 3 aromatic rings. The van der Waals surface area contributed by atoms with Gasteiger partial charge in [-0.05, 0) is 35.4 Å². The standard InChI is InChI=1S/C21H20FNO3S/c22-19-11-13-20(14-12-19)26-15-16-27(24,25)23-21(17-7-3-1-4-8-17)18-9-5-2-6-10-18/h1-14,21,23H,15-16H2. The monoisotopic (exact) mass is 385 g/mol. The Bertz CT molecular complexity index is 906. The van der Waals surface area contributed by atoms with Crippen molar-refractivity contribution in [2.24, 2.45) is 0 Å². The van der Waals surface area contributed by atoms with Gasteiger partial charge in [0.2, 0.25) is 10.0 Å². The van der Waals surface area contributed by atoms with E-state index in [1.165, 1.54) is 24.3 Å². The van der Waals surface area contributed by atoms with Gasteiger partial charge >= 0.3 is 0 Å². The smallest absolute Gasteiger partial charge is 0.215 e. The summed E-state index contributed by atoms with van der Waals surface area (Å²) in [6, 6.07) is 23.8. The van der Waals surface area contributed by atoms with Gasteiger partial charge in [0.15, 0.2) is 0 Å². The summed E-state index contributed by atoms with van der Waals surface area (Å²) in [5, 5.41) is 0. The number of nitrogens with one attached hydrogen (secondary N) is 1. The number of benzene rings is 3. The molecule has 0 saturated heterocycles. The van der Waals surface area contributed by atoms with E-state index in [-0.39, 0.29) is 18.2 Å². The lowest BCUT2D eigenvalue weighted by Gasteiger charge is -2.20. The largest absolute Gasteiger partial charge is 0.492 e. The molecule has 6 heteroatoms. The number of rotatable bonds is 8. The second kappa shape index (κ2) is 8.79. The zero-order chi connectivity index (χ0) is 19.1. The molecule has 0 spiro atoms. The number of sulfonamides is 1. The van der Waals surface area contributed by atoms with E-state index in [4.69, 9.17) is 4.74 Å². The van der Waals surface area contributed by atoms with Crippen LogP contribution < -0.4 is 9.46 Å². The summed E-state index contributed by atoms with van der Waals surface area (Å²) in [7, 11) is -3.60. The minimum atomic E-state index is -3.60. The molecule has 0 unspecified atom stereocenters. The van der Waals surface area contributed by atoms with Gasteiger partial charge in [-0.1, -0.05) is 60.7 Å². The molecule has 0 aromatic heterocycles. The van der Waals surface area contributed by atoms with Crippen LogP contribution in [0.1, 0.15) is 17.2 Å². The molecule has 0 bridgehead atoms. The van der Waals surface area contributed by atoms with E-state index in [2.05, 4.69) is 4.72 Å². The molecule has 27 heavy (non-hydrogen) atoms. The quantitative estimate of drug-likeness (QED) is 0.640. The van der Waals surface area contributed by atoms with Gasteiger partial charge in [0.05, 0.1) is 11.8 Å². The first-order chi connectivity index (χ1) is 13.0. The molecule has 0 radical (unpaired) electrons. The Labute approximate surface area is 158 Å². The van der Waals surface area contributed by atoms with Crippen LogP contribution in [0, 0.1) is 5.82 Å². The molecule has 3 rings (SSSR count). The normalized spacial score (nSPS) is 11.5. The SMILES string of the molecule is O=S(=O)(CCOc1ccc(F)cc1)NC(c1ccccc1)c1ccccc1. The molecule has 0 saturated carbocycles. The van der Waals surface area contributed by atoms with Crippen molar-refractivity contribution in [1.82, 2.24) is 4.72 Å². The van der Waals surface area contributed by atoms with E-state index in [1.807, 2.05) is 60.7 Å². The lowest BCUT2D eigenvalue weighted by atomic mass is 10.00. The molecule has 0 aliphatic rings. The van der Waals surface area contributed by atoms with Crippen molar-refractivity contribution in [1.29, 1.82) is 0 Å². The van der Waals surface area contributed by atoms with Crippen molar-refractivity contribution in [3.05, 3.63) is 102 Å². The highest BCUT2D eigenvalue weighted by Crippen LogP contribution is 2.22. The fourth-order valence-corrected chi connectivity index (χ4v) is 3.71. The molecule has 0 amide bonds. The highest BCUT2D eigenvalue weighted by molar-refractivity contribution is 7.89. The summed E-state index contributed by atoms with van der Waals surface area (Å²) in [6.45, 7) is -0.0305. The molecule has 3 aromatic carbocycles. The maximum atomic E-state index is 12.9. The van der Waals surface area contributed by atoms with Crippen LogP contribution in [0.2, 0.25) is 0 Å². The van der Waals surface area contributed by atoms with Crippen LogP contribution in [-0.2, 0) is 10.0 Å². The third-order valence-electron chi connectivity index (χ3n) is 4.00. The zero-order valence-corrected chi connectivity index (χ0v) is 15.4. The molecular formula is C21H20FNO3S. The van der Waals surface area contributed by atoms with Crippen molar-refractivity contribution in [3.8, 4) is 5.75 Å². The number of halogens is 1. The summed E-state index contributed by atoms with van der Waals surface area (Å²) in [6.07, 6.45) is 0. The summed E-state index contributed by atoms with van der Waals surface area (Å²) in [5.41, 5.74) is 1.71. The van der Waals surface area contributed by atoms with Gasteiger partial charge in [0.1, 0.15) is 18.2 Å². The number of ether oxygens (including phenoxy) is 1. The van der Waals surface area contributed by atoms with Gasteiger partial charge in [-0.25, -0.2) is 17.5 Å². The molecule has 0 atom stereocenters. The summed E-state index contributed by atoms with van der Waals surface area (Å²) in [4.78, 5) is 0. The second-order valence-corrected chi connectivity index (χ2v) is 7.87. The van der Waals surface area contributed by atoms with Crippen LogP contribution in [0.5, 0.6) is 5.75 Å². The number of hydrogen-bond acceptors (Lipinski definition) is 3. The first-order valence-corrected chi connectivity index (χ1v) is 10.2. The molecule has 0 heterocycles. The zero-order valence-electron chi connectivity index (χ0n) is 14.6. The van der Waals surface area contributed by atoms with Crippen LogP contribution in [-0.4, -0.2) is 20.8 Å². The lowest BCUT2D eigenvalue weighted by Crippen LogP contribution is -2.33. The topological polar surface area (TPSA) is 55.4 Å². The summed E-state index contributed by atoms with van der Waals surface area (Å²) < 4.78 is 46.2. The van der Waals surface area contributed by atoms with E-state index in [1.54, 1.807) is 0 Å². The molecule has 1 N–H and O–H groups in total. The van der Waals surface area contributed by atoms with Crippen LogP contribution in [0.3, 0.4) is 0 Å². The molecular weight excluding hydrogens is 365 g/mol. The first-order valence-electron chi connectivity index (χ1n) is 8.52. The van der Waals surface area contributed by atoms with E-state index < -0.39 is 16.1 Å². The Morgan fingerprint density at radius 2 is 1.33 bits per heavy atom. The van der Waals surface area contributed by atoms with E-state index in [0.29, 0.717) is 5.75 Å². The van der Waals surface area contributed by atoms with E-state index in [0.717, 1.165) is 11.1 Å². The lowest BCUT2D eigenvalue weighted by molar-refractivity contribution is 0.339. The van der Waals surface area contributed by atoms with Crippen LogP contribution in [0.15, 0.2) is 84.9 Å². The van der Waals surface area contributed by atoms with E-state index >= 15 is 0 Å². The van der Waals surface area contributed by atoms with Crippen molar-refractivity contribution in [3.63, 3.8) is 0 Å². The van der Waals surface area contributed by atoms with Crippen molar-refractivity contribution in [2.45, 2.75) is 6.04 Å². The Kier molecular flexibility index (Phi) is 6.21. The summed E-state index contributed by atoms with van der Waals surface area (Å²) in [5.74, 6) is -0.153. The molecule has 140 valence electrons. The maximum Gasteiger partial charge on any atom is 0.215 e. The first kappa shape index (κ1) is 19.1. The van der Waals surface area contributed by atoms with Gasteiger partial charge in [-0.15, -0.1) is 0 Å². The van der Waals surface area contributed by atoms with Gasteiger partial charge < -0.3 is 4.74 Å².